The van der Waals surface area contributed by atoms with Gasteiger partial charge in [0.1, 0.15) is 0 Å². The summed E-state index contributed by atoms with van der Waals surface area (Å²) in [6, 6.07) is 9.86. The van der Waals surface area contributed by atoms with E-state index in [1.54, 1.807) is 0 Å². The van der Waals surface area contributed by atoms with Gasteiger partial charge in [-0.25, -0.2) is 4.98 Å². The number of carbonyl (C=O) groups is 1. The third-order valence-electron chi connectivity index (χ3n) is 3.85. The molecule has 0 fully saturated rings. The number of aromatic nitrogens is 4. The number of thioether (sulfide) groups is 1. The minimum Gasteiger partial charge on any atom is -0.325 e. The van der Waals surface area contributed by atoms with Crippen LogP contribution in [0.4, 0.5) is 5.69 Å². The number of anilines is 1. The number of fused-ring (bicyclic) bond motifs is 1. The third-order valence-corrected chi connectivity index (χ3v) is 4.78. The normalized spacial score (nSPS) is 11.2. The highest BCUT2D eigenvalue weighted by Crippen LogP contribution is 2.24. The maximum Gasteiger partial charge on any atom is 0.256 e. The molecule has 0 bridgehead atoms. The van der Waals surface area contributed by atoms with Gasteiger partial charge in [0, 0.05) is 17.1 Å². The highest BCUT2D eigenvalue weighted by Gasteiger charge is 2.13. The van der Waals surface area contributed by atoms with Gasteiger partial charge in [-0.15, -0.1) is 10.2 Å². The van der Waals surface area contributed by atoms with Crippen molar-refractivity contribution < 1.29 is 4.79 Å². The molecule has 0 aliphatic heterocycles. The lowest BCUT2D eigenvalue weighted by Gasteiger charge is -2.13. The summed E-state index contributed by atoms with van der Waals surface area (Å²) in [6.45, 7) is 8.13. The zero-order chi connectivity index (χ0) is 18.0. The van der Waals surface area contributed by atoms with Crippen LogP contribution in [0.1, 0.15) is 36.7 Å². The number of aryl methyl sites for hydroxylation is 2. The topological polar surface area (TPSA) is 72.2 Å². The van der Waals surface area contributed by atoms with E-state index in [0.717, 1.165) is 22.6 Å². The SMILES string of the molecule is Cc1cc(C)n2c(SCC(=O)Nc3ccccc3C(C)C)nnc2n1. The van der Waals surface area contributed by atoms with Crippen LogP contribution in [0.3, 0.4) is 0 Å². The van der Waals surface area contributed by atoms with Crippen molar-refractivity contribution >= 4 is 29.1 Å². The number of nitrogens with zero attached hydrogens (tertiary/aromatic N) is 4. The van der Waals surface area contributed by atoms with Crippen LogP contribution in [-0.2, 0) is 4.79 Å². The van der Waals surface area contributed by atoms with Crippen LogP contribution in [0.25, 0.3) is 5.78 Å². The lowest BCUT2D eigenvalue weighted by molar-refractivity contribution is -0.113. The molecular formula is C18H21N5OS. The lowest BCUT2D eigenvalue weighted by atomic mass is 10.0. The molecule has 2 heterocycles. The summed E-state index contributed by atoms with van der Waals surface area (Å²) < 4.78 is 1.87. The molecule has 0 radical (unpaired) electrons. The largest absolute Gasteiger partial charge is 0.325 e. The predicted octanol–water partition coefficient (Wildman–Crippen LogP) is 3.60. The first-order valence-electron chi connectivity index (χ1n) is 8.16. The van der Waals surface area contributed by atoms with E-state index in [4.69, 9.17) is 0 Å². The molecule has 3 rings (SSSR count). The van der Waals surface area contributed by atoms with Crippen LogP contribution in [0, 0.1) is 13.8 Å². The highest BCUT2D eigenvalue weighted by molar-refractivity contribution is 7.99. The molecule has 0 unspecified atom stereocenters. The van der Waals surface area contributed by atoms with E-state index < -0.39 is 0 Å². The number of rotatable bonds is 5. The average Bonchev–Trinajstić information content (AvgIpc) is 2.96. The Balaban J connectivity index is 1.71. The van der Waals surface area contributed by atoms with Crippen LogP contribution >= 0.6 is 11.8 Å². The molecule has 1 N–H and O–H groups in total. The van der Waals surface area contributed by atoms with Crippen molar-refractivity contribution in [3.8, 4) is 0 Å². The standard InChI is InChI=1S/C18H21N5OS/c1-11(2)14-7-5-6-8-15(14)20-16(24)10-25-18-22-21-17-19-12(3)9-13(4)23(17)18/h5-9,11H,10H2,1-4H3,(H,20,24). The first-order valence-corrected chi connectivity index (χ1v) is 9.15. The first-order chi connectivity index (χ1) is 12.0. The van der Waals surface area contributed by atoms with Gasteiger partial charge < -0.3 is 5.32 Å². The summed E-state index contributed by atoms with van der Waals surface area (Å²) >= 11 is 1.36. The molecule has 0 spiro atoms. The monoisotopic (exact) mass is 355 g/mol. The molecule has 0 atom stereocenters. The van der Waals surface area contributed by atoms with Crippen molar-refractivity contribution in [3.05, 3.63) is 47.3 Å². The molecule has 1 aromatic carbocycles. The molecule has 1 amide bonds. The van der Waals surface area contributed by atoms with E-state index in [2.05, 4.69) is 34.3 Å². The van der Waals surface area contributed by atoms with E-state index in [-0.39, 0.29) is 11.7 Å². The molecule has 0 saturated heterocycles. The van der Waals surface area contributed by atoms with Gasteiger partial charge in [-0.3, -0.25) is 9.20 Å². The number of carbonyl (C=O) groups excluding carboxylic acids is 1. The Hall–Kier alpha value is -2.41. The third kappa shape index (κ3) is 3.82. The fourth-order valence-corrected chi connectivity index (χ4v) is 3.51. The molecule has 130 valence electrons. The Morgan fingerprint density at radius 1 is 1.24 bits per heavy atom. The number of para-hydroxylation sites is 1. The molecule has 0 aliphatic carbocycles. The summed E-state index contributed by atoms with van der Waals surface area (Å²) in [5.74, 6) is 1.11. The Kier molecular flexibility index (Phi) is 5.03. The molecule has 0 aliphatic rings. The fraction of sp³-hybridized carbons (Fsp3) is 0.333. The van der Waals surface area contributed by atoms with Gasteiger partial charge in [0.15, 0.2) is 5.16 Å². The van der Waals surface area contributed by atoms with Gasteiger partial charge in [0.05, 0.1) is 5.75 Å². The van der Waals surface area contributed by atoms with Crippen molar-refractivity contribution in [2.75, 3.05) is 11.1 Å². The van der Waals surface area contributed by atoms with Gasteiger partial charge in [-0.05, 0) is 37.5 Å². The highest BCUT2D eigenvalue weighted by atomic mass is 32.2. The number of benzene rings is 1. The average molecular weight is 355 g/mol. The number of hydrogen-bond donors (Lipinski definition) is 1. The van der Waals surface area contributed by atoms with Gasteiger partial charge >= 0.3 is 0 Å². The number of amides is 1. The minimum absolute atomic E-state index is 0.0624. The molecule has 0 saturated carbocycles. The van der Waals surface area contributed by atoms with E-state index >= 15 is 0 Å². The predicted molar refractivity (Wildman–Crippen MR) is 100 cm³/mol. The van der Waals surface area contributed by atoms with Crippen LogP contribution in [0.2, 0.25) is 0 Å². The lowest BCUT2D eigenvalue weighted by Crippen LogP contribution is -2.16. The fourth-order valence-electron chi connectivity index (χ4n) is 2.72. The number of hydrogen-bond acceptors (Lipinski definition) is 5. The van der Waals surface area contributed by atoms with Crippen molar-refractivity contribution in [1.29, 1.82) is 0 Å². The molecular weight excluding hydrogens is 334 g/mol. The first kappa shape index (κ1) is 17.4. The molecule has 3 aromatic rings. The molecule has 6 nitrogen and oxygen atoms in total. The zero-order valence-electron chi connectivity index (χ0n) is 14.8. The maximum absolute atomic E-state index is 12.4. The number of nitrogens with one attached hydrogen (secondary N) is 1. The Morgan fingerprint density at radius 2 is 2.00 bits per heavy atom. The van der Waals surface area contributed by atoms with Crippen LogP contribution in [-0.4, -0.2) is 31.2 Å². The summed E-state index contributed by atoms with van der Waals surface area (Å²) in [5, 5.41) is 11.9. The second-order valence-corrected chi connectivity index (χ2v) is 7.18. The van der Waals surface area contributed by atoms with Crippen LogP contribution in [0.15, 0.2) is 35.5 Å². The van der Waals surface area contributed by atoms with Crippen molar-refractivity contribution in [3.63, 3.8) is 0 Å². The second kappa shape index (κ2) is 7.23. The summed E-state index contributed by atoms with van der Waals surface area (Å²) in [6.07, 6.45) is 0. The van der Waals surface area contributed by atoms with E-state index in [1.165, 1.54) is 11.8 Å². The minimum atomic E-state index is -0.0624. The van der Waals surface area contributed by atoms with Crippen molar-refractivity contribution in [1.82, 2.24) is 19.6 Å². The summed E-state index contributed by atoms with van der Waals surface area (Å²) in [7, 11) is 0. The molecule has 25 heavy (non-hydrogen) atoms. The van der Waals surface area contributed by atoms with Gasteiger partial charge in [-0.1, -0.05) is 43.8 Å². The van der Waals surface area contributed by atoms with Gasteiger partial charge in [-0.2, -0.15) is 0 Å². The van der Waals surface area contributed by atoms with E-state index in [1.807, 2.05) is 48.6 Å². The Bertz CT molecular complexity index is 919. The summed E-state index contributed by atoms with van der Waals surface area (Å²) in [5.41, 5.74) is 3.89. The van der Waals surface area contributed by atoms with Crippen LogP contribution in [0.5, 0.6) is 0 Å². The Labute approximate surface area is 151 Å². The van der Waals surface area contributed by atoms with Gasteiger partial charge in [0.25, 0.3) is 5.78 Å². The quantitative estimate of drug-likeness (QED) is 0.708. The zero-order valence-corrected chi connectivity index (χ0v) is 15.6. The van der Waals surface area contributed by atoms with E-state index in [0.29, 0.717) is 16.9 Å². The smallest absolute Gasteiger partial charge is 0.256 e. The van der Waals surface area contributed by atoms with Crippen LogP contribution < -0.4 is 5.32 Å². The maximum atomic E-state index is 12.4. The Morgan fingerprint density at radius 3 is 2.76 bits per heavy atom. The summed E-state index contributed by atoms with van der Waals surface area (Å²) in [4.78, 5) is 16.7. The molecule has 2 aromatic heterocycles. The molecule has 7 heteroatoms. The van der Waals surface area contributed by atoms with Gasteiger partial charge in [0.2, 0.25) is 5.91 Å². The second-order valence-electron chi connectivity index (χ2n) is 6.24. The van der Waals surface area contributed by atoms with E-state index in [9.17, 15) is 4.79 Å². The van der Waals surface area contributed by atoms with Crippen molar-refractivity contribution in [2.24, 2.45) is 0 Å². The van der Waals surface area contributed by atoms with Crippen molar-refractivity contribution in [2.45, 2.75) is 38.8 Å².